The van der Waals surface area contributed by atoms with Gasteiger partial charge in [-0.25, -0.2) is 18.2 Å². The molecular weight excluding hydrogens is 332 g/mol. The van der Waals surface area contributed by atoms with E-state index in [1.54, 1.807) is 12.4 Å². The molecule has 0 bridgehead atoms. The molecule has 0 aromatic carbocycles. The standard InChI is InChI=1S/C12H14N2O4S3/c1-7-4-10(20-11(7)12(15)16)21(17,18)14(3)5-9-8(2)13-6-19-9/h4,6H,5H2,1-3H3,(H,15,16). The van der Waals surface area contributed by atoms with Crippen molar-refractivity contribution in [3.05, 3.63) is 32.6 Å². The zero-order valence-electron chi connectivity index (χ0n) is 11.7. The van der Waals surface area contributed by atoms with Crippen LogP contribution in [0.15, 0.2) is 15.8 Å². The number of aromatic nitrogens is 1. The second kappa shape index (κ2) is 5.84. The fourth-order valence-electron chi connectivity index (χ4n) is 1.71. The van der Waals surface area contributed by atoms with E-state index in [0.29, 0.717) is 5.56 Å². The molecule has 0 radical (unpaired) electrons. The molecule has 0 unspecified atom stereocenters. The summed E-state index contributed by atoms with van der Waals surface area (Å²) in [5, 5.41) is 9.02. The van der Waals surface area contributed by atoms with Crippen LogP contribution in [-0.2, 0) is 16.6 Å². The van der Waals surface area contributed by atoms with Gasteiger partial charge in [0, 0.05) is 18.5 Å². The summed E-state index contributed by atoms with van der Waals surface area (Å²) in [7, 11) is -2.22. The molecule has 114 valence electrons. The Bertz CT molecular complexity index is 776. The molecule has 0 aliphatic carbocycles. The lowest BCUT2D eigenvalue weighted by Gasteiger charge is -2.15. The number of aromatic carboxylic acids is 1. The number of thiophene rings is 1. The third kappa shape index (κ3) is 3.15. The maximum Gasteiger partial charge on any atom is 0.346 e. The van der Waals surface area contributed by atoms with Crippen LogP contribution in [-0.4, -0.2) is 35.8 Å². The Balaban J connectivity index is 2.31. The first-order valence-corrected chi connectivity index (χ1v) is 9.06. The van der Waals surface area contributed by atoms with Crippen molar-refractivity contribution in [2.45, 2.75) is 24.6 Å². The van der Waals surface area contributed by atoms with Crippen LogP contribution < -0.4 is 0 Å². The van der Waals surface area contributed by atoms with Crippen molar-refractivity contribution >= 4 is 38.7 Å². The summed E-state index contributed by atoms with van der Waals surface area (Å²) in [6, 6.07) is 1.40. The van der Waals surface area contributed by atoms with Crippen LogP contribution in [0.5, 0.6) is 0 Å². The summed E-state index contributed by atoms with van der Waals surface area (Å²) in [6.45, 7) is 3.63. The van der Waals surface area contributed by atoms with Gasteiger partial charge in [0.2, 0.25) is 0 Å². The van der Waals surface area contributed by atoms with E-state index in [-0.39, 0.29) is 15.6 Å². The first-order chi connectivity index (χ1) is 9.73. The Hall–Kier alpha value is -1.29. The maximum absolute atomic E-state index is 12.5. The molecule has 0 spiro atoms. The highest BCUT2D eigenvalue weighted by atomic mass is 32.2. The van der Waals surface area contributed by atoms with Gasteiger partial charge in [0.15, 0.2) is 0 Å². The van der Waals surface area contributed by atoms with Gasteiger partial charge in [0.1, 0.15) is 9.09 Å². The van der Waals surface area contributed by atoms with Gasteiger partial charge in [-0.2, -0.15) is 4.31 Å². The summed E-state index contributed by atoms with van der Waals surface area (Å²) in [6.07, 6.45) is 0. The number of thiazole rings is 1. The van der Waals surface area contributed by atoms with Crippen LogP contribution in [0.3, 0.4) is 0 Å². The van der Waals surface area contributed by atoms with Crippen LogP contribution in [0.25, 0.3) is 0 Å². The van der Waals surface area contributed by atoms with E-state index in [9.17, 15) is 13.2 Å². The van der Waals surface area contributed by atoms with Gasteiger partial charge >= 0.3 is 5.97 Å². The first kappa shape index (κ1) is 16.1. The fraction of sp³-hybridized carbons (Fsp3) is 0.333. The lowest BCUT2D eigenvalue weighted by molar-refractivity contribution is 0.0701. The van der Waals surface area contributed by atoms with Crippen LogP contribution in [0.4, 0.5) is 0 Å². The minimum atomic E-state index is -3.70. The number of carbonyl (C=O) groups is 1. The monoisotopic (exact) mass is 346 g/mol. The summed E-state index contributed by atoms with van der Waals surface area (Å²) >= 11 is 2.17. The molecular formula is C12H14N2O4S3. The van der Waals surface area contributed by atoms with Crippen molar-refractivity contribution in [3.8, 4) is 0 Å². The zero-order chi connectivity index (χ0) is 15.8. The molecule has 0 fully saturated rings. The molecule has 21 heavy (non-hydrogen) atoms. The van der Waals surface area contributed by atoms with E-state index in [1.807, 2.05) is 6.92 Å². The maximum atomic E-state index is 12.5. The summed E-state index contributed by atoms with van der Waals surface area (Å²) in [4.78, 5) is 16.0. The third-order valence-corrected chi connectivity index (χ3v) is 7.36. The number of carboxylic acid groups (broad SMARTS) is 1. The minimum absolute atomic E-state index is 0.0436. The Labute approximate surface area is 130 Å². The van der Waals surface area contributed by atoms with E-state index in [2.05, 4.69) is 4.98 Å². The van der Waals surface area contributed by atoms with Crippen molar-refractivity contribution in [2.24, 2.45) is 0 Å². The molecule has 1 N–H and O–H groups in total. The molecule has 9 heteroatoms. The van der Waals surface area contributed by atoms with Gasteiger partial charge in [-0.1, -0.05) is 0 Å². The predicted molar refractivity (Wildman–Crippen MR) is 81.5 cm³/mol. The minimum Gasteiger partial charge on any atom is -0.477 e. The van der Waals surface area contributed by atoms with Crippen LogP contribution in [0.1, 0.15) is 25.8 Å². The third-order valence-electron chi connectivity index (χ3n) is 2.97. The van der Waals surface area contributed by atoms with Crippen LogP contribution in [0, 0.1) is 13.8 Å². The van der Waals surface area contributed by atoms with E-state index >= 15 is 0 Å². The number of hydrogen-bond donors (Lipinski definition) is 1. The average molecular weight is 346 g/mol. The van der Waals surface area contributed by atoms with E-state index in [1.165, 1.54) is 28.8 Å². The second-order valence-corrected chi connectivity index (χ2v) is 8.77. The van der Waals surface area contributed by atoms with Crippen molar-refractivity contribution < 1.29 is 18.3 Å². The van der Waals surface area contributed by atoms with Gasteiger partial charge in [-0.15, -0.1) is 22.7 Å². The average Bonchev–Trinajstić information content (AvgIpc) is 2.96. The highest BCUT2D eigenvalue weighted by molar-refractivity contribution is 7.91. The first-order valence-electron chi connectivity index (χ1n) is 5.92. The number of hydrogen-bond acceptors (Lipinski definition) is 6. The highest BCUT2D eigenvalue weighted by Crippen LogP contribution is 2.29. The van der Waals surface area contributed by atoms with Gasteiger partial charge in [-0.05, 0) is 25.5 Å². The molecule has 0 saturated heterocycles. The van der Waals surface area contributed by atoms with Crippen molar-refractivity contribution in [1.82, 2.24) is 9.29 Å². The van der Waals surface area contributed by atoms with Crippen molar-refractivity contribution in [1.29, 1.82) is 0 Å². The number of rotatable bonds is 5. The van der Waals surface area contributed by atoms with E-state index in [4.69, 9.17) is 5.11 Å². The van der Waals surface area contributed by atoms with Crippen LogP contribution >= 0.6 is 22.7 Å². The largest absolute Gasteiger partial charge is 0.477 e. The van der Waals surface area contributed by atoms with Gasteiger partial charge in [-0.3, -0.25) is 0 Å². The van der Waals surface area contributed by atoms with Gasteiger partial charge < -0.3 is 5.11 Å². The zero-order valence-corrected chi connectivity index (χ0v) is 14.1. The van der Waals surface area contributed by atoms with E-state index in [0.717, 1.165) is 21.9 Å². The molecule has 0 atom stereocenters. The van der Waals surface area contributed by atoms with Gasteiger partial charge in [0.05, 0.1) is 11.2 Å². The second-order valence-electron chi connectivity index (χ2n) is 4.50. The molecule has 2 rings (SSSR count). The molecule has 2 aromatic rings. The number of carboxylic acids is 1. The molecule has 0 aliphatic heterocycles. The molecule has 2 heterocycles. The molecule has 0 saturated carbocycles. The van der Waals surface area contributed by atoms with Crippen molar-refractivity contribution in [3.63, 3.8) is 0 Å². The van der Waals surface area contributed by atoms with Crippen LogP contribution in [0.2, 0.25) is 0 Å². The normalized spacial score (nSPS) is 12.0. The van der Waals surface area contributed by atoms with E-state index < -0.39 is 16.0 Å². The smallest absolute Gasteiger partial charge is 0.346 e. The number of aryl methyl sites for hydroxylation is 2. The molecule has 0 amide bonds. The predicted octanol–water partition coefficient (Wildman–Crippen LogP) is 2.34. The quantitative estimate of drug-likeness (QED) is 0.898. The lowest BCUT2D eigenvalue weighted by atomic mass is 10.3. The Morgan fingerprint density at radius 2 is 2.10 bits per heavy atom. The summed E-state index contributed by atoms with van der Waals surface area (Å²) < 4.78 is 26.2. The summed E-state index contributed by atoms with van der Waals surface area (Å²) in [5.41, 5.74) is 2.92. The molecule has 6 nitrogen and oxygen atoms in total. The van der Waals surface area contributed by atoms with Crippen molar-refractivity contribution in [2.75, 3.05) is 7.05 Å². The SMILES string of the molecule is Cc1cc(S(=O)(=O)N(C)Cc2scnc2C)sc1C(=O)O. The van der Waals surface area contributed by atoms with Gasteiger partial charge in [0.25, 0.3) is 10.0 Å². The Morgan fingerprint density at radius 1 is 1.43 bits per heavy atom. The molecule has 0 aliphatic rings. The number of sulfonamides is 1. The fourth-order valence-corrected chi connectivity index (χ4v) is 5.35. The number of nitrogens with zero attached hydrogens (tertiary/aromatic N) is 2. The molecule has 2 aromatic heterocycles. The Morgan fingerprint density at radius 3 is 2.57 bits per heavy atom. The lowest BCUT2D eigenvalue weighted by Crippen LogP contribution is -2.25. The highest BCUT2D eigenvalue weighted by Gasteiger charge is 2.26. The topological polar surface area (TPSA) is 87.6 Å². The Kier molecular flexibility index (Phi) is 4.47. The summed E-state index contributed by atoms with van der Waals surface area (Å²) in [5.74, 6) is -1.11.